The first-order valence-corrected chi connectivity index (χ1v) is 7.82. The maximum Gasteiger partial charge on any atom is 0.341 e. The molecule has 0 fully saturated rings. The third kappa shape index (κ3) is 4.20. The van der Waals surface area contributed by atoms with E-state index >= 15 is 0 Å². The van der Waals surface area contributed by atoms with Crippen molar-refractivity contribution in [3.63, 3.8) is 0 Å². The number of anilines is 1. The van der Waals surface area contributed by atoms with Gasteiger partial charge in [-0.3, -0.25) is 4.68 Å². The van der Waals surface area contributed by atoms with Gasteiger partial charge in [-0.25, -0.2) is 17.9 Å². The molecule has 8 nitrogen and oxygen atoms in total. The van der Waals surface area contributed by atoms with E-state index < -0.39 is 21.5 Å². The van der Waals surface area contributed by atoms with Gasteiger partial charge in [0.15, 0.2) is 0 Å². The fourth-order valence-corrected chi connectivity index (χ4v) is 3.04. The molecule has 114 valence electrons. The average molecular weight is 304 g/mol. The standard InChI is InChI=1S/C11H20N4O4S/c1-7-8(10(16)17)9(15(4)13-7)12-6-11(2,3)14-20(5,18)19/h12,14H,6H2,1-5H3,(H,16,17). The lowest BCUT2D eigenvalue weighted by atomic mass is 10.1. The minimum absolute atomic E-state index is 0.0858. The van der Waals surface area contributed by atoms with Crippen molar-refractivity contribution in [3.05, 3.63) is 11.3 Å². The lowest BCUT2D eigenvalue weighted by Gasteiger charge is -2.25. The van der Waals surface area contributed by atoms with Gasteiger partial charge in [0.05, 0.1) is 11.9 Å². The van der Waals surface area contributed by atoms with Gasteiger partial charge in [-0.2, -0.15) is 5.10 Å². The number of carboxylic acids is 1. The molecule has 0 saturated heterocycles. The number of hydrogen-bond donors (Lipinski definition) is 3. The highest BCUT2D eigenvalue weighted by atomic mass is 32.2. The zero-order chi connectivity index (χ0) is 15.7. The number of carbonyl (C=O) groups is 1. The number of aryl methyl sites for hydroxylation is 2. The zero-order valence-electron chi connectivity index (χ0n) is 12.2. The molecule has 0 radical (unpaired) electrons. The minimum atomic E-state index is -3.35. The molecular formula is C11H20N4O4S. The summed E-state index contributed by atoms with van der Waals surface area (Å²) in [6.45, 7) is 5.23. The molecule has 0 unspecified atom stereocenters. The predicted molar refractivity (Wildman–Crippen MR) is 75.5 cm³/mol. The Kier molecular flexibility index (Phi) is 4.45. The Morgan fingerprint density at radius 3 is 2.45 bits per heavy atom. The first-order valence-electron chi connectivity index (χ1n) is 5.92. The number of hydrogen-bond acceptors (Lipinski definition) is 5. The monoisotopic (exact) mass is 304 g/mol. The maximum absolute atomic E-state index is 11.3. The van der Waals surface area contributed by atoms with E-state index in [4.69, 9.17) is 0 Å². The van der Waals surface area contributed by atoms with Crippen molar-refractivity contribution in [1.29, 1.82) is 0 Å². The summed E-state index contributed by atoms with van der Waals surface area (Å²) in [4.78, 5) is 11.2. The van der Waals surface area contributed by atoms with E-state index in [1.54, 1.807) is 27.8 Å². The van der Waals surface area contributed by atoms with Crippen LogP contribution >= 0.6 is 0 Å². The summed E-state index contributed by atoms with van der Waals surface area (Å²) in [6.07, 6.45) is 1.08. The van der Waals surface area contributed by atoms with Crippen LogP contribution in [0.4, 0.5) is 5.82 Å². The third-order valence-corrected chi connectivity index (χ3v) is 3.52. The van der Waals surface area contributed by atoms with Crippen molar-refractivity contribution in [3.8, 4) is 0 Å². The van der Waals surface area contributed by atoms with Gasteiger partial charge in [0.2, 0.25) is 10.0 Å². The van der Waals surface area contributed by atoms with Crippen LogP contribution in [-0.4, -0.2) is 47.6 Å². The molecule has 3 N–H and O–H groups in total. The van der Waals surface area contributed by atoms with Gasteiger partial charge in [0.25, 0.3) is 0 Å². The zero-order valence-corrected chi connectivity index (χ0v) is 13.0. The van der Waals surface area contributed by atoms with Crippen LogP contribution in [0.25, 0.3) is 0 Å². The highest BCUT2D eigenvalue weighted by molar-refractivity contribution is 7.88. The van der Waals surface area contributed by atoms with Crippen molar-refractivity contribution in [2.24, 2.45) is 7.05 Å². The summed E-state index contributed by atoms with van der Waals surface area (Å²) in [5.41, 5.74) is -0.277. The normalized spacial score (nSPS) is 12.4. The van der Waals surface area contributed by atoms with Gasteiger partial charge < -0.3 is 10.4 Å². The molecule has 0 spiro atoms. The lowest BCUT2D eigenvalue weighted by molar-refractivity contribution is 0.0697. The summed E-state index contributed by atoms with van der Waals surface area (Å²) in [6, 6.07) is 0. The molecule has 1 rings (SSSR count). The predicted octanol–water partition coefficient (Wildman–Crippen LogP) is 0.166. The summed E-state index contributed by atoms with van der Waals surface area (Å²) >= 11 is 0. The fourth-order valence-electron chi connectivity index (χ4n) is 1.96. The van der Waals surface area contributed by atoms with E-state index in [9.17, 15) is 18.3 Å². The van der Waals surface area contributed by atoms with Crippen LogP contribution in [0.2, 0.25) is 0 Å². The van der Waals surface area contributed by atoms with Gasteiger partial charge in [-0.15, -0.1) is 0 Å². The van der Waals surface area contributed by atoms with Crippen molar-refractivity contribution >= 4 is 21.8 Å². The highest BCUT2D eigenvalue weighted by Gasteiger charge is 2.25. The molecule has 0 amide bonds. The first-order chi connectivity index (χ1) is 8.93. The summed E-state index contributed by atoms with van der Waals surface area (Å²) in [7, 11) is -1.72. The molecule has 0 aromatic carbocycles. The van der Waals surface area contributed by atoms with Crippen LogP contribution in [0, 0.1) is 6.92 Å². The van der Waals surface area contributed by atoms with Gasteiger partial charge in [0.1, 0.15) is 11.4 Å². The average Bonchev–Trinajstić information content (AvgIpc) is 2.46. The molecule has 20 heavy (non-hydrogen) atoms. The molecule has 9 heteroatoms. The Labute approximate surface area is 118 Å². The number of rotatable bonds is 6. The van der Waals surface area contributed by atoms with Crippen molar-refractivity contribution < 1.29 is 18.3 Å². The molecule has 0 aliphatic heterocycles. The molecule has 0 bridgehead atoms. The van der Waals surface area contributed by atoms with E-state index in [1.807, 2.05) is 0 Å². The quantitative estimate of drug-likeness (QED) is 0.690. The van der Waals surface area contributed by atoms with E-state index in [1.165, 1.54) is 4.68 Å². The van der Waals surface area contributed by atoms with Gasteiger partial charge in [-0.1, -0.05) is 0 Å². The second kappa shape index (κ2) is 5.41. The van der Waals surface area contributed by atoms with Crippen LogP contribution in [0.1, 0.15) is 29.9 Å². The number of carboxylic acid groups (broad SMARTS) is 1. The van der Waals surface area contributed by atoms with Gasteiger partial charge in [-0.05, 0) is 20.8 Å². The van der Waals surface area contributed by atoms with Crippen LogP contribution in [0.3, 0.4) is 0 Å². The highest BCUT2D eigenvalue weighted by Crippen LogP contribution is 2.19. The van der Waals surface area contributed by atoms with E-state index in [0.717, 1.165) is 6.26 Å². The summed E-state index contributed by atoms with van der Waals surface area (Å²) in [5, 5.41) is 16.2. The molecule has 0 aliphatic carbocycles. The van der Waals surface area contributed by atoms with Crippen LogP contribution in [0.5, 0.6) is 0 Å². The molecule has 1 aromatic heterocycles. The number of nitrogens with zero attached hydrogens (tertiary/aromatic N) is 2. The van der Waals surface area contributed by atoms with Gasteiger partial charge in [0, 0.05) is 19.1 Å². The molecular weight excluding hydrogens is 284 g/mol. The summed E-state index contributed by atoms with van der Waals surface area (Å²) in [5.74, 6) is -0.731. The molecule has 1 heterocycles. The Balaban J connectivity index is 2.93. The van der Waals surface area contributed by atoms with Gasteiger partial charge >= 0.3 is 5.97 Å². The van der Waals surface area contributed by atoms with E-state index in [2.05, 4.69) is 15.1 Å². The molecule has 0 atom stereocenters. The molecule has 0 saturated carbocycles. The van der Waals surface area contributed by atoms with E-state index in [0.29, 0.717) is 11.5 Å². The Bertz CT molecular complexity index is 619. The second-order valence-electron chi connectivity index (χ2n) is 5.35. The topological polar surface area (TPSA) is 113 Å². The van der Waals surface area contributed by atoms with Crippen molar-refractivity contribution in [1.82, 2.24) is 14.5 Å². The third-order valence-electron chi connectivity index (χ3n) is 2.60. The molecule has 1 aromatic rings. The maximum atomic E-state index is 11.3. The summed E-state index contributed by atoms with van der Waals surface area (Å²) < 4.78 is 26.4. The van der Waals surface area contributed by atoms with Crippen molar-refractivity contribution in [2.45, 2.75) is 26.3 Å². The van der Waals surface area contributed by atoms with Crippen molar-refractivity contribution in [2.75, 3.05) is 18.1 Å². The van der Waals surface area contributed by atoms with Crippen LogP contribution in [-0.2, 0) is 17.1 Å². The number of sulfonamides is 1. The fraction of sp³-hybridized carbons (Fsp3) is 0.636. The largest absolute Gasteiger partial charge is 0.477 e. The van der Waals surface area contributed by atoms with Crippen LogP contribution < -0.4 is 10.0 Å². The Hall–Kier alpha value is -1.61. The SMILES string of the molecule is Cc1nn(C)c(NCC(C)(C)NS(C)(=O)=O)c1C(=O)O. The number of aromatic carboxylic acids is 1. The molecule has 0 aliphatic rings. The van der Waals surface area contributed by atoms with E-state index in [-0.39, 0.29) is 12.1 Å². The minimum Gasteiger partial charge on any atom is -0.477 e. The lowest BCUT2D eigenvalue weighted by Crippen LogP contribution is -2.48. The Morgan fingerprint density at radius 1 is 1.45 bits per heavy atom. The Morgan fingerprint density at radius 2 is 2.00 bits per heavy atom. The second-order valence-corrected chi connectivity index (χ2v) is 7.10. The smallest absolute Gasteiger partial charge is 0.341 e. The number of aromatic nitrogens is 2. The first kappa shape index (κ1) is 16.4. The van der Waals surface area contributed by atoms with Crippen LogP contribution in [0.15, 0.2) is 0 Å². The number of nitrogens with one attached hydrogen (secondary N) is 2.